The van der Waals surface area contributed by atoms with Crippen molar-refractivity contribution in [2.45, 2.75) is 44.2 Å². The van der Waals surface area contributed by atoms with Gasteiger partial charge in [0.05, 0.1) is 23.8 Å². The summed E-state index contributed by atoms with van der Waals surface area (Å²) in [5.74, 6) is -4.37. The van der Waals surface area contributed by atoms with E-state index in [1.54, 1.807) is 0 Å². The van der Waals surface area contributed by atoms with Crippen molar-refractivity contribution in [1.29, 1.82) is 0 Å². The van der Waals surface area contributed by atoms with Crippen molar-refractivity contribution in [3.8, 4) is 0 Å². The lowest BCUT2D eigenvalue weighted by atomic mass is 10.1. The highest BCUT2D eigenvalue weighted by Crippen LogP contribution is 2.24. The maximum Gasteiger partial charge on any atom is 0.320 e. The minimum atomic E-state index is -1.26. The number of ketones is 3. The van der Waals surface area contributed by atoms with Crippen molar-refractivity contribution in [2.24, 2.45) is 5.73 Å². The zero-order valence-electron chi connectivity index (χ0n) is 14.3. The van der Waals surface area contributed by atoms with Crippen LogP contribution in [0.1, 0.15) is 32.1 Å². The summed E-state index contributed by atoms with van der Waals surface area (Å²) in [7, 11) is 0. The largest absolute Gasteiger partial charge is 0.481 e. The Morgan fingerprint density at radius 3 is 2.33 bits per heavy atom. The number of carbonyl (C=O) groups excluding carboxylic acids is 4. The lowest BCUT2D eigenvalue weighted by molar-refractivity contribution is -0.139. The second-order valence-electron chi connectivity index (χ2n) is 5.85. The van der Waals surface area contributed by atoms with Gasteiger partial charge in [0.2, 0.25) is 5.91 Å². The van der Waals surface area contributed by atoms with E-state index in [1.165, 1.54) is 6.08 Å². The molecule has 0 aromatic heterocycles. The number of hydrogen-bond acceptors (Lipinski definition) is 8. The SMILES string of the molecule is N[C@@H](CCC(=O)N[C@@H](CSC1=CC(=O)CC1=O)C(=O)CCC(=O)O)C(=O)O. The lowest BCUT2D eigenvalue weighted by Gasteiger charge is -2.17. The van der Waals surface area contributed by atoms with Crippen LogP contribution < -0.4 is 11.1 Å². The van der Waals surface area contributed by atoms with Gasteiger partial charge in [-0.15, -0.1) is 11.8 Å². The molecule has 10 nitrogen and oxygen atoms in total. The van der Waals surface area contributed by atoms with Gasteiger partial charge in [0, 0.05) is 18.6 Å². The van der Waals surface area contributed by atoms with E-state index in [2.05, 4.69) is 5.32 Å². The average Bonchev–Trinajstić information content (AvgIpc) is 2.91. The van der Waals surface area contributed by atoms with Gasteiger partial charge < -0.3 is 21.3 Å². The number of amides is 1. The Balaban J connectivity index is 2.68. The number of aliphatic carboxylic acids is 2. The number of carboxylic acid groups (broad SMARTS) is 2. The molecule has 1 aliphatic carbocycles. The van der Waals surface area contributed by atoms with Crippen LogP contribution in [0.5, 0.6) is 0 Å². The summed E-state index contributed by atoms with van der Waals surface area (Å²) in [6.45, 7) is 0. The zero-order chi connectivity index (χ0) is 20.6. The summed E-state index contributed by atoms with van der Waals surface area (Å²) >= 11 is 0.927. The number of nitrogens with two attached hydrogens (primary N) is 1. The topological polar surface area (TPSA) is 181 Å². The molecule has 0 fully saturated rings. The third kappa shape index (κ3) is 8.13. The summed E-state index contributed by atoms with van der Waals surface area (Å²) in [5.41, 5.74) is 5.31. The van der Waals surface area contributed by atoms with E-state index in [1.807, 2.05) is 0 Å². The molecule has 1 amide bonds. The molecule has 148 valence electrons. The molecule has 0 heterocycles. The number of Topliss-reactive ketones (excluding diaryl/α,β-unsaturated/α-hetero) is 2. The molecule has 11 heteroatoms. The molecule has 0 saturated heterocycles. The molecule has 27 heavy (non-hydrogen) atoms. The van der Waals surface area contributed by atoms with Crippen molar-refractivity contribution in [1.82, 2.24) is 5.32 Å². The van der Waals surface area contributed by atoms with Crippen LogP contribution in [0.2, 0.25) is 0 Å². The van der Waals surface area contributed by atoms with Gasteiger partial charge in [-0.25, -0.2) is 0 Å². The fraction of sp³-hybridized carbons (Fsp3) is 0.500. The van der Waals surface area contributed by atoms with Gasteiger partial charge >= 0.3 is 11.9 Å². The van der Waals surface area contributed by atoms with E-state index < -0.39 is 42.1 Å². The smallest absolute Gasteiger partial charge is 0.320 e. The quantitative estimate of drug-likeness (QED) is 0.304. The van der Waals surface area contributed by atoms with E-state index in [0.717, 1.165) is 11.8 Å². The predicted octanol–water partition coefficient (Wildman–Crippen LogP) is -0.744. The van der Waals surface area contributed by atoms with Gasteiger partial charge in [0.1, 0.15) is 6.04 Å². The minimum Gasteiger partial charge on any atom is -0.481 e. The highest BCUT2D eigenvalue weighted by Gasteiger charge is 2.26. The summed E-state index contributed by atoms with van der Waals surface area (Å²) < 4.78 is 0. The zero-order valence-corrected chi connectivity index (χ0v) is 15.1. The average molecular weight is 400 g/mol. The number of rotatable bonds is 12. The summed E-state index contributed by atoms with van der Waals surface area (Å²) in [6, 6.07) is -2.30. The molecular formula is C16H20N2O8S. The first kappa shape index (κ1) is 22.5. The fourth-order valence-corrected chi connectivity index (χ4v) is 3.18. The molecule has 1 aliphatic rings. The molecule has 0 saturated carbocycles. The standard InChI is InChI=1S/C16H20N2O8S/c17-9(16(25)26)1-3-14(22)18-10(11(20)2-4-15(23)24)7-27-13-6-8(19)5-12(13)21/h6,9-10H,1-5,7,17H2,(H,18,22)(H,23,24)(H,25,26)/t9-,10-/m0/s1. The molecule has 0 aromatic rings. The highest BCUT2D eigenvalue weighted by molar-refractivity contribution is 8.04. The normalized spacial score (nSPS) is 15.8. The number of carbonyl (C=O) groups is 6. The van der Waals surface area contributed by atoms with Crippen LogP contribution >= 0.6 is 11.8 Å². The number of hydrogen-bond donors (Lipinski definition) is 4. The third-order valence-electron chi connectivity index (χ3n) is 3.62. The molecule has 0 aromatic carbocycles. The van der Waals surface area contributed by atoms with E-state index in [-0.39, 0.29) is 47.9 Å². The second-order valence-corrected chi connectivity index (χ2v) is 6.91. The maximum absolute atomic E-state index is 12.2. The van der Waals surface area contributed by atoms with Crippen LogP contribution in [-0.4, -0.2) is 63.2 Å². The Bertz CT molecular complexity index is 688. The van der Waals surface area contributed by atoms with E-state index in [0.29, 0.717) is 0 Å². The van der Waals surface area contributed by atoms with E-state index in [9.17, 15) is 28.8 Å². The van der Waals surface area contributed by atoms with Crippen LogP contribution in [0, 0.1) is 0 Å². The van der Waals surface area contributed by atoms with E-state index >= 15 is 0 Å². The van der Waals surface area contributed by atoms with Crippen molar-refractivity contribution < 1.29 is 39.0 Å². The summed E-state index contributed by atoms with van der Waals surface area (Å²) in [5, 5.41) is 19.8. The van der Waals surface area contributed by atoms with Crippen molar-refractivity contribution in [3.05, 3.63) is 11.0 Å². The molecule has 0 radical (unpaired) electrons. The van der Waals surface area contributed by atoms with Crippen molar-refractivity contribution in [2.75, 3.05) is 5.75 Å². The number of thioether (sulfide) groups is 1. The van der Waals surface area contributed by atoms with Gasteiger partial charge in [-0.3, -0.25) is 28.8 Å². The van der Waals surface area contributed by atoms with Crippen LogP contribution in [0.15, 0.2) is 11.0 Å². The van der Waals surface area contributed by atoms with Gasteiger partial charge in [-0.2, -0.15) is 0 Å². The molecule has 5 N–H and O–H groups in total. The van der Waals surface area contributed by atoms with Crippen LogP contribution in [0.4, 0.5) is 0 Å². The summed E-state index contributed by atoms with van der Waals surface area (Å²) in [6.07, 6.45) is -0.177. The van der Waals surface area contributed by atoms with Crippen LogP contribution in [0.25, 0.3) is 0 Å². The number of carboxylic acids is 2. The first-order valence-electron chi connectivity index (χ1n) is 8.03. The van der Waals surface area contributed by atoms with Crippen LogP contribution in [-0.2, 0) is 28.8 Å². The predicted molar refractivity (Wildman–Crippen MR) is 93.8 cm³/mol. The van der Waals surface area contributed by atoms with Crippen LogP contribution in [0.3, 0.4) is 0 Å². The molecule has 2 atom stereocenters. The third-order valence-corrected chi connectivity index (χ3v) is 4.77. The monoisotopic (exact) mass is 400 g/mol. The first-order valence-corrected chi connectivity index (χ1v) is 9.01. The molecule has 0 spiro atoms. The molecule has 0 aliphatic heterocycles. The van der Waals surface area contributed by atoms with Gasteiger partial charge in [0.15, 0.2) is 17.3 Å². The maximum atomic E-state index is 12.2. The van der Waals surface area contributed by atoms with Gasteiger partial charge in [0.25, 0.3) is 0 Å². The van der Waals surface area contributed by atoms with Crippen molar-refractivity contribution in [3.63, 3.8) is 0 Å². The molecule has 0 unspecified atom stereocenters. The number of allylic oxidation sites excluding steroid dienone is 2. The minimum absolute atomic E-state index is 0.0555. The Hall–Kier alpha value is -2.53. The second kappa shape index (κ2) is 10.6. The molecular weight excluding hydrogens is 380 g/mol. The first-order chi connectivity index (χ1) is 12.6. The molecule has 1 rings (SSSR count). The van der Waals surface area contributed by atoms with Crippen molar-refractivity contribution >= 4 is 47.0 Å². The Morgan fingerprint density at radius 2 is 1.81 bits per heavy atom. The summed E-state index contributed by atoms with van der Waals surface area (Å²) in [4.78, 5) is 68.5. The fourth-order valence-electron chi connectivity index (χ4n) is 2.11. The Kier molecular flexibility index (Phi) is 8.82. The highest BCUT2D eigenvalue weighted by atomic mass is 32.2. The van der Waals surface area contributed by atoms with E-state index in [4.69, 9.17) is 15.9 Å². The Labute approximate surface area is 158 Å². The molecule has 0 bridgehead atoms. The lowest BCUT2D eigenvalue weighted by Crippen LogP contribution is -2.43. The number of nitrogens with one attached hydrogen (secondary N) is 1. The van der Waals surface area contributed by atoms with Gasteiger partial charge in [-0.1, -0.05) is 0 Å². The van der Waals surface area contributed by atoms with Gasteiger partial charge in [-0.05, 0) is 12.5 Å². The Morgan fingerprint density at radius 1 is 1.15 bits per heavy atom.